The fourth-order valence-electron chi connectivity index (χ4n) is 3.60. The quantitative estimate of drug-likeness (QED) is 0.869. The highest BCUT2D eigenvalue weighted by atomic mass is 16.2. The lowest BCUT2D eigenvalue weighted by Gasteiger charge is -2.23. The van der Waals surface area contributed by atoms with Crippen molar-refractivity contribution in [2.45, 2.75) is 26.8 Å². The number of carbonyl (C=O) groups is 2. The normalized spacial score (nSPS) is 15.1. The molecule has 1 aliphatic rings. The van der Waals surface area contributed by atoms with Crippen LogP contribution in [0.25, 0.3) is 0 Å². The summed E-state index contributed by atoms with van der Waals surface area (Å²) in [5.74, 6) is -0.206. The van der Waals surface area contributed by atoms with Gasteiger partial charge < -0.3 is 10.2 Å². The molecule has 1 heterocycles. The minimum absolute atomic E-state index is 0.0142. The van der Waals surface area contributed by atoms with Crippen LogP contribution in [0.1, 0.15) is 33.5 Å². The first kappa shape index (κ1) is 20.1. The second-order valence-electron chi connectivity index (χ2n) is 7.43. The average molecular weight is 380 g/mol. The lowest BCUT2D eigenvalue weighted by atomic mass is 10.1. The molecule has 2 aromatic rings. The summed E-state index contributed by atoms with van der Waals surface area (Å²) in [7, 11) is 0. The lowest BCUT2D eigenvalue weighted by molar-refractivity contribution is -0.130. The first-order chi connectivity index (χ1) is 13.5. The fraction of sp³-hybridized carbons (Fsp3) is 0.391. The molecule has 2 amide bonds. The number of carbonyl (C=O) groups excluding carboxylic acids is 2. The van der Waals surface area contributed by atoms with Gasteiger partial charge in [0.25, 0.3) is 5.91 Å². The summed E-state index contributed by atoms with van der Waals surface area (Å²) in [6.07, 6.45) is 0.948. The zero-order chi connectivity index (χ0) is 19.9. The minimum atomic E-state index is -0.192. The molecule has 1 fully saturated rings. The molecule has 0 saturated carbocycles. The molecular formula is C23H29N3O2. The molecule has 1 N–H and O–H groups in total. The van der Waals surface area contributed by atoms with Crippen LogP contribution in [0.15, 0.2) is 48.5 Å². The number of amides is 2. The molecule has 0 radical (unpaired) electrons. The maximum absolute atomic E-state index is 12.6. The lowest BCUT2D eigenvalue weighted by Crippen LogP contribution is -2.42. The molecule has 0 aromatic heterocycles. The second-order valence-corrected chi connectivity index (χ2v) is 7.43. The molecule has 0 unspecified atom stereocenters. The Morgan fingerprint density at radius 3 is 2.36 bits per heavy atom. The largest absolute Gasteiger partial charge is 0.343 e. The predicted molar refractivity (Wildman–Crippen MR) is 111 cm³/mol. The van der Waals surface area contributed by atoms with Crippen LogP contribution >= 0.6 is 0 Å². The van der Waals surface area contributed by atoms with Crippen molar-refractivity contribution in [1.29, 1.82) is 0 Å². The van der Waals surface area contributed by atoms with Gasteiger partial charge in [0.15, 0.2) is 0 Å². The molecule has 1 saturated heterocycles. The van der Waals surface area contributed by atoms with E-state index in [-0.39, 0.29) is 18.4 Å². The van der Waals surface area contributed by atoms with E-state index in [1.54, 1.807) is 6.07 Å². The van der Waals surface area contributed by atoms with Crippen LogP contribution in [0.2, 0.25) is 0 Å². The molecule has 5 nitrogen and oxygen atoms in total. The summed E-state index contributed by atoms with van der Waals surface area (Å²) in [5, 5.41) is 2.77. The Labute approximate surface area is 167 Å². The van der Waals surface area contributed by atoms with E-state index in [1.807, 2.05) is 30.0 Å². The van der Waals surface area contributed by atoms with Gasteiger partial charge in [-0.05, 0) is 43.0 Å². The number of aryl methyl sites for hydroxylation is 2. The summed E-state index contributed by atoms with van der Waals surface area (Å²) >= 11 is 0. The van der Waals surface area contributed by atoms with Crippen LogP contribution in [0, 0.1) is 13.8 Å². The highest BCUT2D eigenvalue weighted by molar-refractivity contribution is 5.97. The van der Waals surface area contributed by atoms with Gasteiger partial charge in [-0.15, -0.1) is 0 Å². The van der Waals surface area contributed by atoms with E-state index in [0.717, 1.165) is 38.2 Å². The molecule has 148 valence electrons. The molecule has 0 spiro atoms. The van der Waals surface area contributed by atoms with Gasteiger partial charge in [-0.1, -0.05) is 42.5 Å². The third kappa shape index (κ3) is 5.20. The van der Waals surface area contributed by atoms with Gasteiger partial charge in [0.05, 0.1) is 6.54 Å². The summed E-state index contributed by atoms with van der Waals surface area (Å²) in [6.45, 7) is 8.27. The van der Waals surface area contributed by atoms with Gasteiger partial charge >= 0.3 is 0 Å². The van der Waals surface area contributed by atoms with Crippen molar-refractivity contribution in [2.75, 3.05) is 32.7 Å². The first-order valence-electron chi connectivity index (χ1n) is 9.93. The number of nitrogens with zero attached hydrogens (tertiary/aromatic N) is 2. The zero-order valence-corrected chi connectivity index (χ0v) is 16.8. The third-order valence-corrected chi connectivity index (χ3v) is 5.39. The smallest absolute Gasteiger partial charge is 0.251 e. The standard InChI is InChI=1S/C23H29N3O2/c1-18-8-3-5-10-20(18)17-25-12-7-13-26(15-14-25)22(27)16-24-23(28)21-11-6-4-9-19(21)2/h3-6,8-11H,7,12-17H2,1-2H3,(H,24,28). The second kappa shape index (κ2) is 9.51. The van der Waals surface area contributed by atoms with E-state index in [2.05, 4.69) is 41.4 Å². The van der Waals surface area contributed by atoms with E-state index in [9.17, 15) is 9.59 Å². The monoisotopic (exact) mass is 379 g/mol. The molecule has 2 aromatic carbocycles. The highest BCUT2D eigenvalue weighted by Crippen LogP contribution is 2.13. The van der Waals surface area contributed by atoms with Crippen molar-refractivity contribution in [3.8, 4) is 0 Å². The van der Waals surface area contributed by atoms with Crippen LogP contribution in [-0.2, 0) is 11.3 Å². The van der Waals surface area contributed by atoms with Gasteiger partial charge in [-0.3, -0.25) is 14.5 Å². The summed E-state index contributed by atoms with van der Waals surface area (Å²) in [4.78, 5) is 29.2. The van der Waals surface area contributed by atoms with Crippen LogP contribution in [-0.4, -0.2) is 54.3 Å². The Morgan fingerprint density at radius 1 is 0.893 bits per heavy atom. The number of hydrogen-bond donors (Lipinski definition) is 1. The van der Waals surface area contributed by atoms with Gasteiger partial charge in [0, 0.05) is 38.3 Å². The average Bonchev–Trinajstić information content (AvgIpc) is 2.94. The van der Waals surface area contributed by atoms with Crippen LogP contribution in [0.5, 0.6) is 0 Å². The predicted octanol–water partition coefficient (Wildman–Crippen LogP) is 2.77. The van der Waals surface area contributed by atoms with Crippen molar-refractivity contribution >= 4 is 11.8 Å². The Hall–Kier alpha value is -2.66. The fourth-order valence-corrected chi connectivity index (χ4v) is 3.60. The highest BCUT2D eigenvalue weighted by Gasteiger charge is 2.20. The Bertz CT molecular complexity index is 834. The maximum atomic E-state index is 12.6. The topological polar surface area (TPSA) is 52.6 Å². The third-order valence-electron chi connectivity index (χ3n) is 5.39. The summed E-state index contributed by atoms with van der Waals surface area (Å²) < 4.78 is 0. The van der Waals surface area contributed by atoms with Crippen LogP contribution in [0.4, 0.5) is 0 Å². The summed E-state index contributed by atoms with van der Waals surface area (Å²) in [5.41, 5.74) is 4.18. The van der Waals surface area contributed by atoms with Gasteiger partial charge in [-0.2, -0.15) is 0 Å². The van der Waals surface area contributed by atoms with E-state index in [4.69, 9.17) is 0 Å². The Morgan fingerprint density at radius 2 is 1.61 bits per heavy atom. The van der Waals surface area contributed by atoms with Crippen molar-refractivity contribution in [3.63, 3.8) is 0 Å². The number of hydrogen-bond acceptors (Lipinski definition) is 3. The minimum Gasteiger partial charge on any atom is -0.343 e. The van der Waals surface area contributed by atoms with E-state index in [0.29, 0.717) is 12.1 Å². The van der Waals surface area contributed by atoms with Gasteiger partial charge in [0.1, 0.15) is 0 Å². The summed E-state index contributed by atoms with van der Waals surface area (Å²) in [6, 6.07) is 15.9. The van der Waals surface area contributed by atoms with Crippen molar-refractivity contribution in [3.05, 3.63) is 70.8 Å². The number of nitrogens with one attached hydrogen (secondary N) is 1. The number of benzene rings is 2. The molecule has 3 rings (SSSR count). The van der Waals surface area contributed by atoms with E-state index < -0.39 is 0 Å². The van der Waals surface area contributed by atoms with Gasteiger partial charge in [0.2, 0.25) is 5.91 Å². The van der Waals surface area contributed by atoms with Crippen molar-refractivity contribution < 1.29 is 9.59 Å². The van der Waals surface area contributed by atoms with Crippen molar-refractivity contribution in [2.24, 2.45) is 0 Å². The maximum Gasteiger partial charge on any atom is 0.251 e. The molecule has 0 bridgehead atoms. The van der Waals surface area contributed by atoms with Gasteiger partial charge in [-0.25, -0.2) is 0 Å². The van der Waals surface area contributed by atoms with E-state index >= 15 is 0 Å². The molecule has 0 atom stereocenters. The molecule has 1 aliphatic heterocycles. The molecular weight excluding hydrogens is 350 g/mol. The SMILES string of the molecule is Cc1ccccc1CN1CCCN(C(=O)CNC(=O)c2ccccc2C)CC1. The van der Waals surface area contributed by atoms with Crippen molar-refractivity contribution in [1.82, 2.24) is 15.1 Å². The Balaban J connectivity index is 1.49. The molecule has 28 heavy (non-hydrogen) atoms. The zero-order valence-electron chi connectivity index (χ0n) is 16.8. The molecule has 5 heteroatoms. The van der Waals surface area contributed by atoms with Crippen LogP contribution in [0.3, 0.4) is 0 Å². The van der Waals surface area contributed by atoms with Crippen LogP contribution < -0.4 is 5.32 Å². The first-order valence-corrected chi connectivity index (χ1v) is 9.93. The number of rotatable bonds is 5. The Kier molecular flexibility index (Phi) is 6.82. The molecule has 0 aliphatic carbocycles. The van der Waals surface area contributed by atoms with E-state index in [1.165, 1.54) is 11.1 Å².